The van der Waals surface area contributed by atoms with Crippen LogP contribution < -0.4 is 5.32 Å². The number of nitrogens with zero attached hydrogens (tertiary/aromatic N) is 1. The molecule has 1 heterocycles. The quantitative estimate of drug-likeness (QED) is 0.728. The van der Waals surface area contributed by atoms with Crippen molar-refractivity contribution in [1.29, 1.82) is 0 Å². The van der Waals surface area contributed by atoms with Gasteiger partial charge in [-0.25, -0.2) is 0 Å². The lowest BCUT2D eigenvalue weighted by atomic mass is 9.97. The Hall–Kier alpha value is -0.0800. The molecule has 2 nitrogen and oxygen atoms in total. The molecule has 0 spiro atoms. The number of hydrogen-bond donors (Lipinski definition) is 1. The van der Waals surface area contributed by atoms with Crippen LogP contribution in [0.5, 0.6) is 0 Å². The summed E-state index contributed by atoms with van der Waals surface area (Å²) in [7, 11) is 0. The van der Waals surface area contributed by atoms with Crippen molar-refractivity contribution >= 4 is 0 Å². The molecule has 1 saturated heterocycles. The Bertz CT molecular complexity index is 124. The van der Waals surface area contributed by atoms with E-state index >= 15 is 0 Å². The van der Waals surface area contributed by atoms with E-state index in [2.05, 4.69) is 24.1 Å². The highest BCUT2D eigenvalue weighted by molar-refractivity contribution is 4.68. The molecule has 0 aromatic rings. The van der Waals surface area contributed by atoms with Crippen LogP contribution in [0.1, 0.15) is 39.5 Å². The highest BCUT2D eigenvalue weighted by atomic mass is 15.1. The molecule has 0 amide bonds. The number of nitrogens with one attached hydrogen (secondary N) is 1. The Balaban J connectivity index is 2.14. The monoisotopic (exact) mass is 198 g/mol. The lowest BCUT2D eigenvalue weighted by molar-refractivity contribution is 0.268. The fourth-order valence-electron chi connectivity index (χ4n) is 2.28. The molecule has 0 aliphatic carbocycles. The van der Waals surface area contributed by atoms with Gasteiger partial charge in [0.25, 0.3) is 0 Å². The van der Waals surface area contributed by atoms with Gasteiger partial charge in [0.15, 0.2) is 0 Å². The largest absolute Gasteiger partial charge is 0.317 e. The molecule has 2 heteroatoms. The Kier molecular flexibility index (Phi) is 6.20. The van der Waals surface area contributed by atoms with Crippen molar-refractivity contribution in [2.24, 2.45) is 5.92 Å². The van der Waals surface area contributed by atoms with Gasteiger partial charge < -0.3 is 10.2 Å². The zero-order valence-corrected chi connectivity index (χ0v) is 9.89. The van der Waals surface area contributed by atoms with Crippen LogP contribution in [0, 0.1) is 5.92 Å². The number of hydrogen-bond acceptors (Lipinski definition) is 2. The molecule has 1 unspecified atom stereocenters. The summed E-state index contributed by atoms with van der Waals surface area (Å²) in [4.78, 5) is 2.54. The normalized spacial score (nSPS) is 23.8. The summed E-state index contributed by atoms with van der Waals surface area (Å²) in [5, 5.41) is 3.48. The van der Waals surface area contributed by atoms with E-state index in [1.165, 1.54) is 58.4 Å². The Morgan fingerprint density at radius 2 is 1.93 bits per heavy atom. The summed E-state index contributed by atoms with van der Waals surface area (Å²) in [6, 6.07) is 0. The molecule has 84 valence electrons. The third-order valence-corrected chi connectivity index (χ3v) is 3.44. The summed E-state index contributed by atoms with van der Waals surface area (Å²) in [6.07, 6.45) is 5.61. The maximum Gasteiger partial charge on any atom is -0.00163 e. The maximum atomic E-state index is 3.48. The van der Waals surface area contributed by atoms with Gasteiger partial charge in [-0.05, 0) is 64.3 Å². The number of rotatable bonds is 5. The van der Waals surface area contributed by atoms with Crippen LogP contribution in [-0.2, 0) is 0 Å². The lowest BCUT2D eigenvalue weighted by Gasteiger charge is -2.21. The zero-order valence-electron chi connectivity index (χ0n) is 9.89. The van der Waals surface area contributed by atoms with E-state index in [1.54, 1.807) is 0 Å². The summed E-state index contributed by atoms with van der Waals surface area (Å²) < 4.78 is 0. The predicted octanol–water partition coefficient (Wildman–Crippen LogP) is 2.11. The molecule has 1 atom stereocenters. The van der Waals surface area contributed by atoms with Gasteiger partial charge in [-0.3, -0.25) is 0 Å². The molecule has 1 rings (SSSR count). The fourth-order valence-corrected chi connectivity index (χ4v) is 2.28. The molecular formula is C12H26N2. The van der Waals surface area contributed by atoms with Crippen LogP contribution in [0.3, 0.4) is 0 Å². The minimum Gasteiger partial charge on any atom is -0.317 e. The Labute approximate surface area is 89.1 Å². The van der Waals surface area contributed by atoms with Crippen molar-refractivity contribution in [1.82, 2.24) is 10.2 Å². The van der Waals surface area contributed by atoms with Gasteiger partial charge in [-0.2, -0.15) is 0 Å². The Morgan fingerprint density at radius 3 is 2.64 bits per heavy atom. The molecular weight excluding hydrogens is 172 g/mol. The van der Waals surface area contributed by atoms with Crippen molar-refractivity contribution < 1.29 is 0 Å². The van der Waals surface area contributed by atoms with Crippen LogP contribution in [-0.4, -0.2) is 37.6 Å². The van der Waals surface area contributed by atoms with Crippen LogP contribution in [0.25, 0.3) is 0 Å². The second kappa shape index (κ2) is 7.24. The van der Waals surface area contributed by atoms with Gasteiger partial charge in [0.05, 0.1) is 0 Å². The van der Waals surface area contributed by atoms with Crippen LogP contribution in [0.15, 0.2) is 0 Å². The molecule has 1 aliphatic rings. The summed E-state index contributed by atoms with van der Waals surface area (Å²) >= 11 is 0. The second-order valence-corrected chi connectivity index (χ2v) is 4.36. The minimum absolute atomic E-state index is 0.977. The van der Waals surface area contributed by atoms with Gasteiger partial charge in [-0.1, -0.05) is 13.8 Å². The molecule has 0 saturated carbocycles. The van der Waals surface area contributed by atoms with Gasteiger partial charge in [0.1, 0.15) is 0 Å². The zero-order chi connectivity index (χ0) is 10.2. The van der Waals surface area contributed by atoms with Gasteiger partial charge in [0.2, 0.25) is 0 Å². The molecule has 1 fully saturated rings. The highest BCUT2D eigenvalue weighted by Gasteiger charge is 2.12. The molecule has 0 aromatic carbocycles. The molecule has 1 aliphatic heterocycles. The first-order valence-electron chi connectivity index (χ1n) is 6.29. The second-order valence-electron chi connectivity index (χ2n) is 4.36. The molecule has 0 radical (unpaired) electrons. The van der Waals surface area contributed by atoms with Crippen molar-refractivity contribution in [2.75, 3.05) is 32.7 Å². The van der Waals surface area contributed by atoms with Gasteiger partial charge in [0, 0.05) is 0 Å². The van der Waals surface area contributed by atoms with E-state index < -0.39 is 0 Å². The third kappa shape index (κ3) is 4.43. The van der Waals surface area contributed by atoms with Crippen LogP contribution in [0.4, 0.5) is 0 Å². The van der Waals surface area contributed by atoms with Crippen molar-refractivity contribution in [2.45, 2.75) is 39.5 Å². The summed E-state index contributed by atoms with van der Waals surface area (Å²) in [6.45, 7) is 10.7. The first-order chi connectivity index (χ1) is 6.86. The van der Waals surface area contributed by atoms with E-state index in [0.717, 1.165) is 5.92 Å². The van der Waals surface area contributed by atoms with Crippen molar-refractivity contribution in [3.05, 3.63) is 0 Å². The van der Waals surface area contributed by atoms with Crippen molar-refractivity contribution in [3.63, 3.8) is 0 Å². The first-order valence-corrected chi connectivity index (χ1v) is 6.29. The van der Waals surface area contributed by atoms with Crippen LogP contribution >= 0.6 is 0 Å². The van der Waals surface area contributed by atoms with Crippen LogP contribution in [0.2, 0.25) is 0 Å². The standard InChI is InChI=1S/C12H26N2/c1-3-14(4-2)11-8-12-6-5-9-13-10-7-12/h12-13H,3-11H2,1-2H3. The Morgan fingerprint density at radius 1 is 1.14 bits per heavy atom. The highest BCUT2D eigenvalue weighted by Crippen LogP contribution is 2.17. The average Bonchev–Trinajstić information content (AvgIpc) is 2.48. The van der Waals surface area contributed by atoms with E-state index in [1.807, 2.05) is 0 Å². The minimum atomic E-state index is 0.977. The van der Waals surface area contributed by atoms with Gasteiger partial charge in [-0.15, -0.1) is 0 Å². The topological polar surface area (TPSA) is 15.3 Å². The lowest BCUT2D eigenvalue weighted by Crippen LogP contribution is -2.25. The van der Waals surface area contributed by atoms with E-state index in [9.17, 15) is 0 Å². The van der Waals surface area contributed by atoms with E-state index in [4.69, 9.17) is 0 Å². The third-order valence-electron chi connectivity index (χ3n) is 3.44. The average molecular weight is 198 g/mol. The first kappa shape index (κ1) is 12.0. The summed E-state index contributed by atoms with van der Waals surface area (Å²) in [5.74, 6) is 0.977. The van der Waals surface area contributed by atoms with E-state index in [0.29, 0.717) is 0 Å². The molecule has 0 aromatic heterocycles. The SMILES string of the molecule is CCN(CC)CCC1CCCNCC1. The van der Waals surface area contributed by atoms with Crippen molar-refractivity contribution in [3.8, 4) is 0 Å². The molecule has 0 bridgehead atoms. The predicted molar refractivity (Wildman–Crippen MR) is 62.6 cm³/mol. The molecule has 14 heavy (non-hydrogen) atoms. The maximum absolute atomic E-state index is 3.48. The molecule has 1 N–H and O–H groups in total. The fraction of sp³-hybridized carbons (Fsp3) is 1.00. The van der Waals surface area contributed by atoms with Gasteiger partial charge >= 0.3 is 0 Å². The van der Waals surface area contributed by atoms with E-state index in [-0.39, 0.29) is 0 Å². The smallest absolute Gasteiger partial charge is 0.00163 e. The summed E-state index contributed by atoms with van der Waals surface area (Å²) in [5.41, 5.74) is 0.